The third-order valence-corrected chi connectivity index (χ3v) is 3.96. The molecule has 1 aliphatic rings. The number of halogens is 5. The van der Waals surface area contributed by atoms with E-state index in [1.54, 1.807) is 20.8 Å². The van der Waals surface area contributed by atoms with Gasteiger partial charge in [-0.2, -0.15) is 22.0 Å². The van der Waals surface area contributed by atoms with Crippen molar-refractivity contribution in [2.45, 2.75) is 51.7 Å². The van der Waals surface area contributed by atoms with E-state index < -0.39 is 47.9 Å². The number of aromatic nitrogens is 1. The molecule has 0 aromatic carbocycles. The zero-order valence-corrected chi connectivity index (χ0v) is 16.2. The maximum absolute atomic E-state index is 13.0. The molecule has 2 unspecified atom stereocenters. The van der Waals surface area contributed by atoms with E-state index in [2.05, 4.69) is 9.72 Å². The second kappa shape index (κ2) is 9.10. The highest BCUT2D eigenvalue weighted by atomic mass is 19.4. The van der Waals surface area contributed by atoms with Crippen LogP contribution >= 0.6 is 0 Å². The standard InChI is InChI=1S/C18H23F5N2O4/c1-17(2,3)29-16(26)25-8-11(7-12(9-25)28-15(19)20)10-27-13-5-4-6-24-14(13)18(21,22)23/h4-6,11-12,15H,7-10H2,1-3H3. The largest absolute Gasteiger partial charge is 0.491 e. The van der Waals surface area contributed by atoms with Crippen molar-refractivity contribution in [2.24, 2.45) is 5.92 Å². The number of carbonyl (C=O) groups excluding carboxylic acids is 1. The van der Waals surface area contributed by atoms with E-state index in [0.717, 1.165) is 12.3 Å². The number of piperidine rings is 1. The molecule has 0 saturated carbocycles. The van der Waals surface area contributed by atoms with E-state index in [0.29, 0.717) is 0 Å². The Morgan fingerprint density at radius 1 is 1.28 bits per heavy atom. The molecular weight excluding hydrogens is 403 g/mol. The second-order valence-corrected chi connectivity index (χ2v) is 7.66. The van der Waals surface area contributed by atoms with Crippen molar-refractivity contribution >= 4 is 6.09 Å². The third kappa shape index (κ3) is 7.30. The van der Waals surface area contributed by atoms with Gasteiger partial charge in [0.1, 0.15) is 11.4 Å². The van der Waals surface area contributed by atoms with Crippen LogP contribution in [0.3, 0.4) is 0 Å². The summed E-state index contributed by atoms with van der Waals surface area (Å²) in [7, 11) is 0. The van der Waals surface area contributed by atoms with Gasteiger partial charge in [-0.05, 0) is 39.3 Å². The lowest BCUT2D eigenvalue weighted by Gasteiger charge is -2.38. The quantitative estimate of drug-likeness (QED) is 0.656. The van der Waals surface area contributed by atoms with Crippen molar-refractivity contribution in [3.8, 4) is 5.75 Å². The summed E-state index contributed by atoms with van der Waals surface area (Å²) in [6.07, 6.45) is -5.34. The number of rotatable bonds is 5. The zero-order chi connectivity index (χ0) is 21.8. The summed E-state index contributed by atoms with van der Waals surface area (Å²) in [5.74, 6) is -1.01. The number of pyridine rings is 1. The van der Waals surface area contributed by atoms with Gasteiger partial charge in [-0.3, -0.25) is 0 Å². The van der Waals surface area contributed by atoms with Crippen LogP contribution in [0.1, 0.15) is 32.9 Å². The number of carbonyl (C=O) groups is 1. The van der Waals surface area contributed by atoms with Crippen LogP contribution in [-0.4, -0.2) is 54.0 Å². The van der Waals surface area contributed by atoms with E-state index >= 15 is 0 Å². The Kier molecular flexibility index (Phi) is 7.25. The highest BCUT2D eigenvalue weighted by Gasteiger charge is 2.38. The smallest absolute Gasteiger partial charge is 0.437 e. The predicted molar refractivity (Wildman–Crippen MR) is 91.5 cm³/mol. The molecule has 6 nitrogen and oxygen atoms in total. The maximum Gasteiger partial charge on any atom is 0.437 e. The molecule has 1 fully saturated rings. The molecule has 1 aromatic rings. The molecule has 0 radical (unpaired) electrons. The lowest BCUT2D eigenvalue weighted by molar-refractivity contribution is -0.179. The summed E-state index contributed by atoms with van der Waals surface area (Å²) in [6, 6.07) is 2.42. The van der Waals surface area contributed by atoms with E-state index in [1.165, 1.54) is 11.0 Å². The van der Waals surface area contributed by atoms with Crippen LogP contribution in [0.4, 0.5) is 26.7 Å². The molecule has 1 aromatic heterocycles. The summed E-state index contributed by atoms with van der Waals surface area (Å²) in [5.41, 5.74) is -1.98. The predicted octanol–water partition coefficient (Wildman–Crippen LogP) is 4.34. The molecule has 1 saturated heterocycles. The number of nitrogens with zero attached hydrogens (tertiary/aromatic N) is 2. The first-order valence-corrected chi connectivity index (χ1v) is 8.91. The van der Waals surface area contributed by atoms with Crippen molar-refractivity contribution < 1.29 is 41.0 Å². The van der Waals surface area contributed by atoms with Crippen molar-refractivity contribution in [2.75, 3.05) is 19.7 Å². The number of alkyl halides is 5. The van der Waals surface area contributed by atoms with Crippen LogP contribution in [-0.2, 0) is 15.7 Å². The van der Waals surface area contributed by atoms with Crippen molar-refractivity contribution in [3.05, 3.63) is 24.0 Å². The molecular formula is C18H23F5N2O4. The normalized spacial score (nSPS) is 20.7. The van der Waals surface area contributed by atoms with Crippen LogP contribution in [0.15, 0.2) is 18.3 Å². The molecule has 1 aliphatic heterocycles. The Labute approximate surface area is 164 Å². The van der Waals surface area contributed by atoms with Gasteiger partial charge in [-0.25, -0.2) is 9.78 Å². The summed E-state index contributed by atoms with van der Waals surface area (Å²) in [4.78, 5) is 16.8. The average Bonchev–Trinajstić information content (AvgIpc) is 2.57. The fraction of sp³-hybridized carbons (Fsp3) is 0.667. The van der Waals surface area contributed by atoms with Gasteiger partial charge < -0.3 is 19.1 Å². The molecule has 164 valence electrons. The van der Waals surface area contributed by atoms with Gasteiger partial charge in [0.25, 0.3) is 0 Å². The molecule has 2 atom stereocenters. The van der Waals surface area contributed by atoms with Crippen molar-refractivity contribution in [3.63, 3.8) is 0 Å². The number of hydrogen-bond acceptors (Lipinski definition) is 5. The molecule has 2 heterocycles. The Morgan fingerprint density at radius 2 is 1.97 bits per heavy atom. The topological polar surface area (TPSA) is 60.9 Å². The Morgan fingerprint density at radius 3 is 2.55 bits per heavy atom. The maximum atomic E-state index is 13.0. The molecule has 2 rings (SSSR count). The monoisotopic (exact) mass is 426 g/mol. The van der Waals surface area contributed by atoms with Gasteiger partial charge in [0, 0.05) is 18.7 Å². The Hall–Kier alpha value is -2.17. The molecule has 0 spiro atoms. The first-order valence-electron chi connectivity index (χ1n) is 8.91. The average molecular weight is 426 g/mol. The van der Waals surface area contributed by atoms with Crippen LogP contribution in [0, 0.1) is 5.92 Å². The first-order chi connectivity index (χ1) is 13.3. The van der Waals surface area contributed by atoms with Crippen LogP contribution in [0.25, 0.3) is 0 Å². The molecule has 29 heavy (non-hydrogen) atoms. The van der Waals surface area contributed by atoms with E-state index in [4.69, 9.17) is 9.47 Å². The molecule has 1 amide bonds. The lowest BCUT2D eigenvalue weighted by Crippen LogP contribution is -2.50. The van der Waals surface area contributed by atoms with Gasteiger partial charge in [0.2, 0.25) is 0 Å². The summed E-state index contributed by atoms with van der Waals surface area (Å²) in [5, 5.41) is 0. The van der Waals surface area contributed by atoms with Gasteiger partial charge in [0.05, 0.1) is 19.3 Å². The molecule has 11 heteroatoms. The van der Waals surface area contributed by atoms with Crippen LogP contribution in [0.2, 0.25) is 0 Å². The van der Waals surface area contributed by atoms with Crippen LogP contribution < -0.4 is 4.74 Å². The summed E-state index contributed by atoms with van der Waals surface area (Å²) >= 11 is 0. The Bertz CT molecular complexity index is 694. The van der Waals surface area contributed by atoms with E-state index in [9.17, 15) is 26.7 Å². The minimum atomic E-state index is -4.70. The zero-order valence-electron chi connectivity index (χ0n) is 16.2. The van der Waals surface area contributed by atoms with Crippen molar-refractivity contribution in [1.82, 2.24) is 9.88 Å². The van der Waals surface area contributed by atoms with E-state index in [1.807, 2.05) is 0 Å². The van der Waals surface area contributed by atoms with Gasteiger partial charge in [0.15, 0.2) is 5.69 Å². The summed E-state index contributed by atoms with van der Waals surface area (Å²) in [6.45, 7) is 1.64. The number of ether oxygens (including phenoxy) is 3. The fourth-order valence-corrected chi connectivity index (χ4v) is 2.92. The van der Waals surface area contributed by atoms with Gasteiger partial charge >= 0.3 is 18.9 Å². The minimum Gasteiger partial charge on any atom is -0.491 e. The Balaban J connectivity index is 2.09. The number of hydrogen-bond donors (Lipinski definition) is 0. The highest BCUT2D eigenvalue weighted by molar-refractivity contribution is 5.68. The SMILES string of the molecule is CC(C)(C)OC(=O)N1CC(COc2cccnc2C(F)(F)F)CC(OC(F)F)C1. The third-order valence-electron chi connectivity index (χ3n) is 3.96. The lowest BCUT2D eigenvalue weighted by atomic mass is 9.97. The van der Waals surface area contributed by atoms with Crippen molar-refractivity contribution in [1.29, 1.82) is 0 Å². The number of likely N-dealkylation sites (tertiary alicyclic amines) is 1. The minimum absolute atomic E-state index is 0.0691. The van der Waals surface area contributed by atoms with Gasteiger partial charge in [-0.15, -0.1) is 0 Å². The number of amides is 1. The summed E-state index contributed by atoms with van der Waals surface area (Å²) < 4.78 is 79.5. The van der Waals surface area contributed by atoms with Crippen LogP contribution in [0.5, 0.6) is 5.75 Å². The molecule has 0 aliphatic carbocycles. The van der Waals surface area contributed by atoms with Gasteiger partial charge in [-0.1, -0.05) is 0 Å². The fourth-order valence-electron chi connectivity index (χ4n) is 2.92. The first kappa shape index (κ1) is 23.1. The van der Waals surface area contributed by atoms with E-state index in [-0.39, 0.29) is 26.1 Å². The highest BCUT2D eigenvalue weighted by Crippen LogP contribution is 2.34. The second-order valence-electron chi connectivity index (χ2n) is 7.66. The molecule has 0 bridgehead atoms. The molecule has 0 N–H and O–H groups in total.